The van der Waals surface area contributed by atoms with Gasteiger partial charge in [0.15, 0.2) is 0 Å². The molecule has 6 nitrogen and oxygen atoms in total. The number of amides is 1. The molecule has 122 valence electrons. The highest BCUT2D eigenvalue weighted by Gasteiger charge is 2.16. The molecule has 0 fully saturated rings. The van der Waals surface area contributed by atoms with Gasteiger partial charge in [-0.2, -0.15) is 8.42 Å². The Balaban J connectivity index is 2.08. The summed E-state index contributed by atoms with van der Waals surface area (Å²) in [4.78, 5) is 11.8. The second kappa shape index (κ2) is 5.95. The van der Waals surface area contributed by atoms with Crippen molar-refractivity contribution in [1.82, 2.24) is 0 Å². The van der Waals surface area contributed by atoms with Crippen LogP contribution in [0.5, 0.6) is 5.75 Å². The van der Waals surface area contributed by atoms with Crippen LogP contribution in [0.3, 0.4) is 0 Å². The van der Waals surface area contributed by atoms with Gasteiger partial charge in [-0.25, -0.2) is 0 Å². The van der Waals surface area contributed by atoms with E-state index in [1.165, 1.54) is 6.07 Å². The Bertz CT molecular complexity index is 1030. The van der Waals surface area contributed by atoms with Crippen LogP contribution in [-0.2, 0) is 10.1 Å². The molecule has 3 aromatic carbocycles. The molecular formula is C17H13NO5S. The fraction of sp³-hybridized carbons (Fsp3) is 0. The van der Waals surface area contributed by atoms with E-state index in [9.17, 15) is 18.3 Å². The molecule has 0 atom stereocenters. The number of carbonyl (C=O) groups is 1. The number of phenolic OH excluding ortho intramolecular Hbond substituents is 1. The lowest BCUT2D eigenvalue weighted by atomic mass is 10.1. The molecular weight excluding hydrogens is 330 g/mol. The van der Waals surface area contributed by atoms with E-state index in [-0.39, 0.29) is 17.0 Å². The molecule has 0 aliphatic heterocycles. The summed E-state index contributed by atoms with van der Waals surface area (Å²) in [7, 11) is -4.44. The van der Waals surface area contributed by atoms with Crippen molar-refractivity contribution < 1.29 is 22.9 Å². The molecule has 1 amide bonds. The fourth-order valence-corrected chi connectivity index (χ4v) is 2.95. The van der Waals surface area contributed by atoms with E-state index in [0.717, 1.165) is 6.07 Å². The Hall–Kier alpha value is -2.90. The van der Waals surface area contributed by atoms with Crippen LogP contribution in [0.2, 0.25) is 0 Å². The number of anilines is 1. The lowest BCUT2D eigenvalue weighted by Crippen LogP contribution is -2.12. The average Bonchev–Trinajstić information content (AvgIpc) is 2.54. The monoisotopic (exact) mass is 343 g/mol. The Morgan fingerprint density at radius 2 is 1.67 bits per heavy atom. The van der Waals surface area contributed by atoms with E-state index in [2.05, 4.69) is 5.32 Å². The van der Waals surface area contributed by atoms with Gasteiger partial charge in [-0.3, -0.25) is 9.35 Å². The Morgan fingerprint density at radius 3 is 2.33 bits per heavy atom. The molecule has 0 aromatic heterocycles. The quantitative estimate of drug-likeness (QED) is 0.634. The lowest BCUT2D eigenvalue weighted by molar-refractivity contribution is 0.102. The second-order valence-corrected chi connectivity index (χ2v) is 6.56. The van der Waals surface area contributed by atoms with E-state index < -0.39 is 15.0 Å². The van der Waals surface area contributed by atoms with Crippen LogP contribution in [0.1, 0.15) is 10.4 Å². The lowest BCUT2D eigenvalue weighted by Gasteiger charge is -2.11. The number of fused-ring (bicyclic) bond motifs is 1. The van der Waals surface area contributed by atoms with Crippen molar-refractivity contribution in [2.75, 3.05) is 5.32 Å². The van der Waals surface area contributed by atoms with Crippen molar-refractivity contribution in [2.24, 2.45) is 0 Å². The number of phenols is 1. The van der Waals surface area contributed by atoms with Gasteiger partial charge in [-0.15, -0.1) is 0 Å². The zero-order chi connectivity index (χ0) is 17.3. The van der Waals surface area contributed by atoms with Crippen LogP contribution < -0.4 is 5.32 Å². The molecule has 24 heavy (non-hydrogen) atoms. The molecule has 0 aliphatic carbocycles. The van der Waals surface area contributed by atoms with E-state index in [4.69, 9.17) is 4.55 Å². The highest BCUT2D eigenvalue weighted by atomic mass is 32.2. The zero-order valence-electron chi connectivity index (χ0n) is 12.3. The molecule has 0 heterocycles. The topological polar surface area (TPSA) is 104 Å². The van der Waals surface area contributed by atoms with Crippen molar-refractivity contribution in [1.29, 1.82) is 0 Å². The minimum absolute atomic E-state index is 0.286. The van der Waals surface area contributed by atoms with Crippen molar-refractivity contribution in [3.63, 3.8) is 0 Å². The molecule has 0 bridgehead atoms. The van der Waals surface area contributed by atoms with Crippen LogP contribution in [0.25, 0.3) is 10.8 Å². The highest BCUT2D eigenvalue weighted by Crippen LogP contribution is 2.34. The minimum Gasteiger partial charge on any atom is -0.507 e. The third kappa shape index (κ3) is 3.08. The van der Waals surface area contributed by atoms with E-state index >= 15 is 0 Å². The molecule has 0 saturated heterocycles. The summed E-state index contributed by atoms with van der Waals surface area (Å²) in [6.07, 6.45) is 0. The van der Waals surface area contributed by atoms with Gasteiger partial charge in [0.25, 0.3) is 16.0 Å². The summed E-state index contributed by atoms with van der Waals surface area (Å²) in [6, 6.07) is 15.5. The SMILES string of the molecule is O=C(Nc1cccc2cc(S(=O)(=O)O)cc(O)c12)c1ccccc1. The molecule has 0 aliphatic rings. The van der Waals surface area contributed by atoms with Crippen molar-refractivity contribution in [3.8, 4) is 5.75 Å². The Kier molecular flexibility index (Phi) is 3.96. The first-order chi connectivity index (χ1) is 11.4. The molecule has 3 N–H and O–H groups in total. The molecule has 3 aromatic rings. The third-order valence-electron chi connectivity index (χ3n) is 3.51. The average molecular weight is 343 g/mol. The fourth-order valence-electron chi connectivity index (χ4n) is 2.42. The number of carbonyl (C=O) groups excluding carboxylic acids is 1. The number of rotatable bonds is 3. The molecule has 0 radical (unpaired) electrons. The summed E-state index contributed by atoms with van der Waals surface area (Å²) < 4.78 is 31.6. The summed E-state index contributed by atoms with van der Waals surface area (Å²) >= 11 is 0. The molecule has 7 heteroatoms. The zero-order valence-corrected chi connectivity index (χ0v) is 13.1. The van der Waals surface area contributed by atoms with Crippen LogP contribution >= 0.6 is 0 Å². The Morgan fingerprint density at radius 1 is 0.958 bits per heavy atom. The molecule has 0 saturated carbocycles. The number of hydrogen-bond acceptors (Lipinski definition) is 4. The highest BCUT2D eigenvalue weighted by molar-refractivity contribution is 7.85. The van der Waals surface area contributed by atoms with Gasteiger partial charge in [0.2, 0.25) is 0 Å². The van der Waals surface area contributed by atoms with Crippen molar-refractivity contribution >= 4 is 32.5 Å². The summed E-state index contributed by atoms with van der Waals surface area (Å²) in [5.74, 6) is -0.717. The van der Waals surface area contributed by atoms with Crippen LogP contribution in [0.15, 0.2) is 65.6 Å². The van der Waals surface area contributed by atoms with E-state index in [1.807, 2.05) is 0 Å². The number of benzene rings is 3. The van der Waals surface area contributed by atoms with Gasteiger partial charge in [-0.05, 0) is 29.7 Å². The van der Waals surface area contributed by atoms with Gasteiger partial charge in [-0.1, -0.05) is 30.3 Å². The molecule has 0 unspecified atom stereocenters. The summed E-state index contributed by atoms with van der Waals surface area (Å²) in [6.45, 7) is 0. The van der Waals surface area contributed by atoms with Gasteiger partial charge in [0, 0.05) is 17.0 Å². The molecule has 0 spiro atoms. The predicted octanol–water partition coefficient (Wildman–Crippen LogP) is 3.04. The van der Waals surface area contributed by atoms with Gasteiger partial charge in [0.1, 0.15) is 5.75 Å². The number of nitrogens with one attached hydrogen (secondary N) is 1. The maximum atomic E-state index is 12.3. The first-order valence-electron chi connectivity index (χ1n) is 6.96. The van der Waals surface area contributed by atoms with E-state index in [1.54, 1.807) is 48.5 Å². The van der Waals surface area contributed by atoms with Crippen molar-refractivity contribution in [3.05, 3.63) is 66.2 Å². The predicted molar refractivity (Wildman–Crippen MR) is 89.8 cm³/mol. The third-order valence-corrected chi connectivity index (χ3v) is 4.34. The van der Waals surface area contributed by atoms with Gasteiger partial charge >= 0.3 is 0 Å². The van der Waals surface area contributed by atoms with Crippen LogP contribution in [0.4, 0.5) is 5.69 Å². The maximum absolute atomic E-state index is 12.3. The summed E-state index contributed by atoms with van der Waals surface area (Å²) in [5.41, 5.74) is 0.782. The number of hydrogen-bond donors (Lipinski definition) is 3. The number of aromatic hydroxyl groups is 1. The van der Waals surface area contributed by atoms with Gasteiger partial charge in [0.05, 0.1) is 10.6 Å². The minimum atomic E-state index is -4.44. The van der Waals surface area contributed by atoms with Gasteiger partial charge < -0.3 is 10.4 Å². The normalized spacial score (nSPS) is 11.4. The Labute approximate surface area is 138 Å². The summed E-state index contributed by atoms with van der Waals surface area (Å²) in [5, 5.41) is 13.5. The maximum Gasteiger partial charge on any atom is 0.294 e. The smallest absolute Gasteiger partial charge is 0.294 e. The standard InChI is InChI=1S/C17H13NO5S/c19-15-10-13(24(21,22)23)9-12-7-4-8-14(16(12)15)18-17(20)11-5-2-1-3-6-11/h1-10,19H,(H,18,20)(H,21,22,23). The second-order valence-electron chi connectivity index (χ2n) is 5.14. The van der Waals surface area contributed by atoms with Crippen LogP contribution in [-0.4, -0.2) is 24.0 Å². The van der Waals surface area contributed by atoms with Crippen molar-refractivity contribution in [2.45, 2.75) is 4.90 Å². The molecule has 3 rings (SSSR count). The van der Waals surface area contributed by atoms with Crippen LogP contribution in [0, 0.1) is 0 Å². The van der Waals surface area contributed by atoms with E-state index in [0.29, 0.717) is 16.6 Å². The first kappa shape index (κ1) is 16.0. The first-order valence-corrected chi connectivity index (χ1v) is 8.40. The largest absolute Gasteiger partial charge is 0.507 e.